The first-order valence-electron chi connectivity index (χ1n) is 4.86. The molecular formula is C10H21NOS. The summed E-state index contributed by atoms with van der Waals surface area (Å²) in [5.41, 5.74) is 1.16. The lowest BCUT2D eigenvalue weighted by Crippen LogP contribution is -2.01. The Morgan fingerprint density at radius 2 is 2.08 bits per heavy atom. The lowest BCUT2D eigenvalue weighted by atomic mass is 10.2. The molecule has 78 valence electrons. The molecule has 0 aromatic rings. The molecule has 2 nitrogen and oxygen atoms in total. The van der Waals surface area contributed by atoms with E-state index in [9.17, 15) is 0 Å². The van der Waals surface area contributed by atoms with E-state index in [4.69, 9.17) is 5.11 Å². The molecular weight excluding hydrogens is 182 g/mol. The summed E-state index contributed by atoms with van der Waals surface area (Å²) in [7, 11) is 0. The quantitative estimate of drug-likeness (QED) is 0.509. The molecule has 1 unspecified atom stereocenters. The molecule has 0 heterocycles. The van der Waals surface area contributed by atoms with Crippen molar-refractivity contribution >= 4 is 17.5 Å². The van der Waals surface area contributed by atoms with Crippen molar-refractivity contribution in [2.75, 3.05) is 18.1 Å². The molecule has 0 aliphatic rings. The standard InChI is InChI=1S/C10H21NOS/c1-9(2)11-10(3)5-4-7-13-8-6-12/h10,12H,4-8H2,1-3H3. The second-order valence-corrected chi connectivity index (χ2v) is 4.63. The lowest BCUT2D eigenvalue weighted by Gasteiger charge is -2.06. The van der Waals surface area contributed by atoms with Crippen molar-refractivity contribution in [2.45, 2.75) is 39.7 Å². The minimum absolute atomic E-state index is 0.298. The van der Waals surface area contributed by atoms with E-state index in [-0.39, 0.29) is 0 Å². The van der Waals surface area contributed by atoms with Gasteiger partial charge in [0.1, 0.15) is 0 Å². The number of aliphatic hydroxyl groups is 1. The topological polar surface area (TPSA) is 32.6 Å². The molecule has 0 saturated heterocycles. The van der Waals surface area contributed by atoms with Gasteiger partial charge in [-0.05, 0) is 39.4 Å². The summed E-state index contributed by atoms with van der Waals surface area (Å²) in [6.45, 7) is 6.53. The van der Waals surface area contributed by atoms with Crippen LogP contribution in [0, 0.1) is 0 Å². The molecule has 0 aromatic carbocycles. The summed E-state index contributed by atoms with van der Waals surface area (Å²) >= 11 is 1.82. The predicted molar refractivity (Wildman–Crippen MR) is 61.9 cm³/mol. The van der Waals surface area contributed by atoms with E-state index in [0.717, 1.165) is 23.6 Å². The normalized spacial score (nSPS) is 12.6. The molecule has 0 aliphatic heterocycles. The van der Waals surface area contributed by atoms with Crippen molar-refractivity contribution in [2.24, 2.45) is 4.99 Å². The van der Waals surface area contributed by atoms with Crippen LogP contribution < -0.4 is 0 Å². The fourth-order valence-electron chi connectivity index (χ4n) is 1.15. The average Bonchev–Trinajstić information content (AvgIpc) is 2.02. The van der Waals surface area contributed by atoms with Crippen molar-refractivity contribution in [1.29, 1.82) is 0 Å². The van der Waals surface area contributed by atoms with Gasteiger partial charge in [-0.15, -0.1) is 0 Å². The number of aliphatic hydroxyl groups excluding tert-OH is 1. The Morgan fingerprint density at radius 3 is 2.62 bits per heavy atom. The Balaban J connectivity index is 3.27. The number of hydrogen-bond acceptors (Lipinski definition) is 3. The van der Waals surface area contributed by atoms with Gasteiger partial charge in [0.15, 0.2) is 0 Å². The fraction of sp³-hybridized carbons (Fsp3) is 0.900. The van der Waals surface area contributed by atoms with Gasteiger partial charge in [0.05, 0.1) is 6.61 Å². The molecule has 0 aliphatic carbocycles. The first kappa shape index (κ1) is 13.0. The van der Waals surface area contributed by atoms with E-state index in [1.165, 1.54) is 6.42 Å². The van der Waals surface area contributed by atoms with Crippen LogP contribution in [0.1, 0.15) is 33.6 Å². The summed E-state index contributed by atoms with van der Waals surface area (Å²) in [6, 6.07) is 0.458. The minimum atomic E-state index is 0.298. The molecule has 0 saturated carbocycles. The van der Waals surface area contributed by atoms with Gasteiger partial charge in [-0.1, -0.05) is 0 Å². The minimum Gasteiger partial charge on any atom is -0.396 e. The van der Waals surface area contributed by atoms with Gasteiger partial charge in [0, 0.05) is 17.5 Å². The third kappa shape index (κ3) is 9.90. The molecule has 1 N–H and O–H groups in total. The van der Waals surface area contributed by atoms with Crippen LogP contribution in [0.2, 0.25) is 0 Å². The Kier molecular flexibility index (Phi) is 8.56. The van der Waals surface area contributed by atoms with Crippen molar-refractivity contribution in [3.63, 3.8) is 0 Å². The number of aliphatic imine (C=N–C) groups is 1. The molecule has 0 aromatic heterocycles. The second-order valence-electron chi connectivity index (χ2n) is 3.40. The molecule has 0 fully saturated rings. The van der Waals surface area contributed by atoms with E-state index in [0.29, 0.717) is 12.6 Å². The van der Waals surface area contributed by atoms with Crippen LogP contribution in [0.5, 0.6) is 0 Å². The van der Waals surface area contributed by atoms with Gasteiger partial charge >= 0.3 is 0 Å². The van der Waals surface area contributed by atoms with E-state index in [1.54, 1.807) is 0 Å². The maximum atomic E-state index is 8.55. The number of rotatable bonds is 7. The van der Waals surface area contributed by atoms with Crippen molar-refractivity contribution in [3.05, 3.63) is 0 Å². The highest BCUT2D eigenvalue weighted by atomic mass is 32.2. The Hall–Kier alpha value is -0.0200. The number of thioether (sulfide) groups is 1. The molecule has 0 radical (unpaired) electrons. The highest BCUT2D eigenvalue weighted by Gasteiger charge is 1.98. The zero-order chi connectivity index (χ0) is 10.1. The summed E-state index contributed by atoms with van der Waals surface area (Å²) in [5.74, 6) is 2.01. The van der Waals surface area contributed by atoms with Crippen LogP contribution in [0.25, 0.3) is 0 Å². The van der Waals surface area contributed by atoms with E-state index < -0.39 is 0 Å². The highest BCUT2D eigenvalue weighted by molar-refractivity contribution is 7.99. The molecule has 0 spiro atoms. The predicted octanol–water partition coefficient (Wildman–Crippen LogP) is 2.36. The molecule has 0 rings (SSSR count). The van der Waals surface area contributed by atoms with Crippen LogP contribution in [0.4, 0.5) is 0 Å². The zero-order valence-electron chi connectivity index (χ0n) is 8.92. The van der Waals surface area contributed by atoms with E-state index in [2.05, 4.69) is 11.9 Å². The Bertz CT molecular complexity index is 144. The number of hydrogen-bond donors (Lipinski definition) is 1. The third-order valence-electron chi connectivity index (χ3n) is 1.62. The lowest BCUT2D eigenvalue weighted by molar-refractivity contribution is 0.322. The maximum Gasteiger partial charge on any atom is 0.0521 e. The van der Waals surface area contributed by atoms with Crippen LogP contribution in [-0.2, 0) is 0 Å². The summed E-state index contributed by atoms with van der Waals surface area (Å²) in [5, 5.41) is 8.55. The zero-order valence-corrected chi connectivity index (χ0v) is 9.73. The molecule has 13 heavy (non-hydrogen) atoms. The van der Waals surface area contributed by atoms with Crippen LogP contribution in [0.3, 0.4) is 0 Å². The monoisotopic (exact) mass is 203 g/mol. The van der Waals surface area contributed by atoms with Crippen molar-refractivity contribution < 1.29 is 5.11 Å². The molecule has 0 amide bonds. The van der Waals surface area contributed by atoms with Gasteiger partial charge in [-0.2, -0.15) is 11.8 Å². The van der Waals surface area contributed by atoms with Gasteiger partial charge in [-0.3, -0.25) is 4.99 Å². The summed E-state index contributed by atoms with van der Waals surface area (Å²) < 4.78 is 0. The number of nitrogens with zero attached hydrogens (tertiary/aromatic N) is 1. The average molecular weight is 203 g/mol. The van der Waals surface area contributed by atoms with Gasteiger partial charge in [-0.25, -0.2) is 0 Å². The smallest absolute Gasteiger partial charge is 0.0521 e. The van der Waals surface area contributed by atoms with Gasteiger partial charge < -0.3 is 5.11 Å². The molecule has 0 bridgehead atoms. The van der Waals surface area contributed by atoms with E-state index >= 15 is 0 Å². The van der Waals surface area contributed by atoms with Crippen LogP contribution in [0.15, 0.2) is 4.99 Å². The van der Waals surface area contributed by atoms with Crippen LogP contribution >= 0.6 is 11.8 Å². The second kappa shape index (κ2) is 8.57. The highest BCUT2D eigenvalue weighted by Crippen LogP contribution is 2.07. The van der Waals surface area contributed by atoms with Crippen LogP contribution in [-0.4, -0.2) is 35.0 Å². The third-order valence-corrected chi connectivity index (χ3v) is 2.67. The summed E-state index contributed by atoms with van der Waals surface area (Å²) in [6.07, 6.45) is 2.35. The first-order valence-corrected chi connectivity index (χ1v) is 6.02. The fourth-order valence-corrected chi connectivity index (χ4v) is 1.86. The molecule has 3 heteroatoms. The van der Waals surface area contributed by atoms with E-state index in [1.807, 2.05) is 25.6 Å². The SMILES string of the molecule is CC(C)=NC(C)CCCSCCO. The van der Waals surface area contributed by atoms with Crippen molar-refractivity contribution in [1.82, 2.24) is 0 Å². The Morgan fingerprint density at radius 1 is 1.38 bits per heavy atom. The summed E-state index contributed by atoms with van der Waals surface area (Å²) in [4.78, 5) is 4.45. The maximum absolute atomic E-state index is 8.55. The van der Waals surface area contributed by atoms with Gasteiger partial charge in [0.2, 0.25) is 0 Å². The largest absolute Gasteiger partial charge is 0.396 e. The Labute approximate surface area is 85.8 Å². The van der Waals surface area contributed by atoms with Crippen molar-refractivity contribution in [3.8, 4) is 0 Å². The molecule has 1 atom stereocenters. The first-order chi connectivity index (χ1) is 6.16. The van der Waals surface area contributed by atoms with Gasteiger partial charge in [0.25, 0.3) is 0 Å².